The summed E-state index contributed by atoms with van der Waals surface area (Å²) >= 11 is 0. The fourth-order valence-corrected chi connectivity index (χ4v) is 1.74. The van der Waals surface area contributed by atoms with Crippen LogP contribution in [0.15, 0.2) is 42.6 Å². The molecule has 0 atom stereocenters. The second-order valence-corrected chi connectivity index (χ2v) is 3.88. The highest BCUT2D eigenvalue weighted by atomic mass is 16.5. The van der Waals surface area contributed by atoms with Crippen molar-refractivity contribution in [3.05, 3.63) is 48.3 Å². The third-order valence-corrected chi connectivity index (χ3v) is 2.65. The van der Waals surface area contributed by atoms with Crippen LogP contribution in [-0.4, -0.2) is 24.7 Å². The minimum absolute atomic E-state index is 0.300. The van der Waals surface area contributed by atoms with E-state index in [2.05, 4.69) is 9.72 Å². The molecule has 1 aromatic carbocycles. The van der Waals surface area contributed by atoms with E-state index in [4.69, 9.17) is 4.74 Å². The Kier molecular flexibility index (Phi) is 4.13. The first kappa shape index (κ1) is 13.1. The summed E-state index contributed by atoms with van der Waals surface area (Å²) < 4.78 is 10.0. The van der Waals surface area contributed by atoms with Crippen LogP contribution in [0.2, 0.25) is 0 Å². The number of carbonyl (C=O) groups is 1. The molecule has 0 radical (unpaired) electrons. The van der Waals surface area contributed by atoms with Crippen LogP contribution in [-0.2, 0) is 4.74 Å². The summed E-state index contributed by atoms with van der Waals surface area (Å²) in [6.45, 7) is 2.58. The van der Waals surface area contributed by atoms with E-state index in [1.165, 1.54) is 7.11 Å². The predicted molar refractivity (Wildman–Crippen MR) is 72.2 cm³/mol. The van der Waals surface area contributed by atoms with Gasteiger partial charge in [-0.15, -0.1) is 0 Å². The molecule has 4 nitrogen and oxygen atoms in total. The number of aromatic nitrogens is 1. The van der Waals surface area contributed by atoms with Crippen LogP contribution in [0.3, 0.4) is 0 Å². The molecule has 0 bridgehead atoms. The molecule has 0 aliphatic heterocycles. The average molecular weight is 257 g/mol. The highest BCUT2D eigenvalue weighted by Gasteiger charge is 2.08. The standard InChI is InChI=1S/C15H15NO3/c1-3-19-13-6-4-11(5-7-13)12-8-9-16-14(10-12)15(17)18-2/h4-10H,3H2,1-2H3. The Morgan fingerprint density at radius 1 is 1.16 bits per heavy atom. The van der Waals surface area contributed by atoms with Gasteiger partial charge in [-0.25, -0.2) is 9.78 Å². The molecule has 0 saturated carbocycles. The number of carbonyl (C=O) groups excluding carboxylic acids is 1. The quantitative estimate of drug-likeness (QED) is 0.790. The van der Waals surface area contributed by atoms with Gasteiger partial charge in [0.25, 0.3) is 0 Å². The van der Waals surface area contributed by atoms with Crippen molar-refractivity contribution in [2.75, 3.05) is 13.7 Å². The zero-order chi connectivity index (χ0) is 13.7. The third-order valence-electron chi connectivity index (χ3n) is 2.65. The Labute approximate surface area is 112 Å². The minimum atomic E-state index is -0.437. The molecule has 2 rings (SSSR count). The monoisotopic (exact) mass is 257 g/mol. The molecular weight excluding hydrogens is 242 g/mol. The molecule has 2 aromatic rings. The zero-order valence-electron chi connectivity index (χ0n) is 10.9. The topological polar surface area (TPSA) is 48.4 Å². The van der Waals surface area contributed by atoms with E-state index in [-0.39, 0.29) is 0 Å². The number of esters is 1. The first-order chi connectivity index (χ1) is 9.24. The van der Waals surface area contributed by atoms with Gasteiger partial charge >= 0.3 is 5.97 Å². The summed E-state index contributed by atoms with van der Waals surface area (Å²) in [5.41, 5.74) is 2.21. The highest BCUT2D eigenvalue weighted by molar-refractivity contribution is 5.88. The van der Waals surface area contributed by atoms with Crippen molar-refractivity contribution in [2.45, 2.75) is 6.92 Å². The molecule has 19 heavy (non-hydrogen) atoms. The van der Waals surface area contributed by atoms with Crippen molar-refractivity contribution in [3.63, 3.8) is 0 Å². The zero-order valence-corrected chi connectivity index (χ0v) is 10.9. The number of rotatable bonds is 4. The van der Waals surface area contributed by atoms with E-state index in [9.17, 15) is 4.79 Å². The number of pyridine rings is 1. The van der Waals surface area contributed by atoms with Crippen LogP contribution in [0.25, 0.3) is 11.1 Å². The van der Waals surface area contributed by atoms with E-state index < -0.39 is 5.97 Å². The van der Waals surface area contributed by atoms with Gasteiger partial charge < -0.3 is 9.47 Å². The molecule has 0 N–H and O–H groups in total. The maximum Gasteiger partial charge on any atom is 0.356 e. The van der Waals surface area contributed by atoms with Crippen LogP contribution in [0.4, 0.5) is 0 Å². The Balaban J connectivity index is 2.28. The van der Waals surface area contributed by atoms with E-state index in [1.807, 2.05) is 37.3 Å². The smallest absolute Gasteiger partial charge is 0.356 e. The lowest BCUT2D eigenvalue weighted by Gasteiger charge is -2.06. The molecule has 0 saturated heterocycles. The summed E-state index contributed by atoms with van der Waals surface area (Å²) in [6.07, 6.45) is 1.60. The molecule has 1 aromatic heterocycles. The highest BCUT2D eigenvalue weighted by Crippen LogP contribution is 2.22. The van der Waals surface area contributed by atoms with Gasteiger partial charge in [0, 0.05) is 6.20 Å². The fraction of sp³-hybridized carbons (Fsp3) is 0.200. The summed E-state index contributed by atoms with van der Waals surface area (Å²) in [4.78, 5) is 15.4. The molecule has 98 valence electrons. The number of nitrogens with zero attached hydrogens (tertiary/aromatic N) is 1. The van der Waals surface area contributed by atoms with Crippen LogP contribution < -0.4 is 4.74 Å². The summed E-state index contributed by atoms with van der Waals surface area (Å²) in [7, 11) is 1.34. The van der Waals surface area contributed by atoms with Crippen LogP contribution in [0, 0.1) is 0 Å². The van der Waals surface area contributed by atoms with Crippen molar-refractivity contribution >= 4 is 5.97 Å². The first-order valence-corrected chi connectivity index (χ1v) is 6.02. The number of benzene rings is 1. The molecule has 0 aliphatic carbocycles. The maximum absolute atomic E-state index is 11.4. The number of methoxy groups -OCH3 is 1. The van der Waals surface area contributed by atoms with E-state index in [0.717, 1.165) is 16.9 Å². The van der Waals surface area contributed by atoms with Crippen molar-refractivity contribution < 1.29 is 14.3 Å². The average Bonchev–Trinajstić information content (AvgIpc) is 2.48. The second kappa shape index (κ2) is 6.00. The van der Waals surface area contributed by atoms with E-state index in [1.54, 1.807) is 12.3 Å². The van der Waals surface area contributed by atoms with E-state index in [0.29, 0.717) is 12.3 Å². The normalized spacial score (nSPS) is 10.0. The SMILES string of the molecule is CCOc1ccc(-c2ccnc(C(=O)OC)c2)cc1. The molecule has 0 unspecified atom stereocenters. The van der Waals surface area contributed by atoms with E-state index >= 15 is 0 Å². The minimum Gasteiger partial charge on any atom is -0.494 e. The number of hydrogen-bond acceptors (Lipinski definition) is 4. The van der Waals surface area contributed by atoms with Gasteiger partial charge in [0.15, 0.2) is 0 Å². The van der Waals surface area contributed by atoms with Gasteiger partial charge in [0.1, 0.15) is 11.4 Å². The molecule has 1 heterocycles. The summed E-state index contributed by atoms with van der Waals surface area (Å²) in [6, 6.07) is 11.3. The molecule has 0 spiro atoms. The molecule has 0 amide bonds. The Morgan fingerprint density at radius 3 is 2.53 bits per heavy atom. The van der Waals surface area contributed by atoms with Crippen molar-refractivity contribution in [3.8, 4) is 16.9 Å². The maximum atomic E-state index is 11.4. The van der Waals surface area contributed by atoms with Crippen LogP contribution in [0.1, 0.15) is 17.4 Å². The largest absolute Gasteiger partial charge is 0.494 e. The Morgan fingerprint density at radius 2 is 1.89 bits per heavy atom. The molecule has 0 fully saturated rings. The van der Waals surface area contributed by atoms with Gasteiger partial charge in [-0.05, 0) is 42.3 Å². The second-order valence-electron chi connectivity index (χ2n) is 3.88. The van der Waals surface area contributed by atoms with Crippen molar-refractivity contribution in [1.82, 2.24) is 4.98 Å². The predicted octanol–water partition coefficient (Wildman–Crippen LogP) is 2.93. The Hall–Kier alpha value is -2.36. The van der Waals surface area contributed by atoms with Gasteiger partial charge in [0.05, 0.1) is 13.7 Å². The molecular formula is C15H15NO3. The van der Waals surface area contributed by atoms with Crippen LogP contribution >= 0.6 is 0 Å². The van der Waals surface area contributed by atoms with Gasteiger partial charge in [-0.1, -0.05) is 12.1 Å². The summed E-state index contributed by atoms with van der Waals surface area (Å²) in [5, 5.41) is 0. The third kappa shape index (κ3) is 3.10. The Bertz CT molecular complexity index is 564. The van der Waals surface area contributed by atoms with Gasteiger partial charge in [0.2, 0.25) is 0 Å². The number of hydrogen-bond donors (Lipinski definition) is 0. The van der Waals surface area contributed by atoms with Crippen molar-refractivity contribution in [1.29, 1.82) is 0 Å². The lowest BCUT2D eigenvalue weighted by atomic mass is 10.1. The summed E-state index contributed by atoms with van der Waals surface area (Å²) in [5.74, 6) is 0.390. The lowest BCUT2D eigenvalue weighted by molar-refractivity contribution is 0.0594. The first-order valence-electron chi connectivity index (χ1n) is 6.02. The van der Waals surface area contributed by atoms with Crippen LogP contribution in [0.5, 0.6) is 5.75 Å². The van der Waals surface area contributed by atoms with Gasteiger partial charge in [-0.2, -0.15) is 0 Å². The molecule has 0 aliphatic rings. The number of ether oxygens (including phenoxy) is 2. The fourth-order valence-electron chi connectivity index (χ4n) is 1.74. The van der Waals surface area contributed by atoms with Crippen molar-refractivity contribution in [2.24, 2.45) is 0 Å². The van der Waals surface area contributed by atoms with Gasteiger partial charge in [-0.3, -0.25) is 0 Å². The molecule has 4 heteroatoms. The lowest BCUT2D eigenvalue weighted by Crippen LogP contribution is -2.03.